The number of methoxy groups -OCH3 is 1. The summed E-state index contributed by atoms with van der Waals surface area (Å²) in [6.45, 7) is 1.54. The van der Waals surface area contributed by atoms with Gasteiger partial charge < -0.3 is 21.1 Å². The summed E-state index contributed by atoms with van der Waals surface area (Å²) in [5.74, 6) is -0.0245. The standard InChI is InChI=1S/C13H18BrN3O2S/c1-19-7-6-17-12(18)4-5-16-11-3-2-9(14)8-10(11)13(15)20/h2-3,8,16H,4-7H2,1H3,(H2,15,20)(H,17,18). The summed E-state index contributed by atoms with van der Waals surface area (Å²) in [6, 6.07) is 5.62. The topological polar surface area (TPSA) is 76.4 Å². The Morgan fingerprint density at radius 2 is 2.20 bits per heavy atom. The molecule has 110 valence electrons. The zero-order chi connectivity index (χ0) is 15.0. The number of anilines is 1. The normalized spacial score (nSPS) is 10.1. The number of ether oxygens (including phenoxy) is 1. The molecule has 0 aliphatic carbocycles. The van der Waals surface area contributed by atoms with E-state index in [0.29, 0.717) is 31.1 Å². The summed E-state index contributed by atoms with van der Waals surface area (Å²) in [7, 11) is 1.60. The van der Waals surface area contributed by atoms with Gasteiger partial charge in [0.25, 0.3) is 0 Å². The molecule has 0 unspecified atom stereocenters. The van der Waals surface area contributed by atoms with Gasteiger partial charge in [0, 0.05) is 42.3 Å². The van der Waals surface area contributed by atoms with Gasteiger partial charge in [0.05, 0.1) is 6.61 Å². The van der Waals surface area contributed by atoms with E-state index in [2.05, 4.69) is 26.6 Å². The van der Waals surface area contributed by atoms with E-state index in [4.69, 9.17) is 22.7 Å². The molecule has 5 nitrogen and oxygen atoms in total. The number of hydrogen-bond acceptors (Lipinski definition) is 4. The number of rotatable bonds is 8. The molecule has 0 saturated carbocycles. The predicted octanol–water partition coefficient (Wildman–Crippen LogP) is 1.65. The van der Waals surface area contributed by atoms with Gasteiger partial charge >= 0.3 is 0 Å². The average molecular weight is 360 g/mol. The summed E-state index contributed by atoms with van der Waals surface area (Å²) in [5, 5.41) is 5.92. The van der Waals surface area contributed by atoms with Crippen molar-refractivity contribution < 1.29 is 9.53 Å². The minimum absolute atomic E-state index is 0.0245. The lowest BCUT2D eigenvalue weighted by Gasteiger charge is -2.11. The molecular formula is C13H18BrN3O2S. The fourth-order valence-electron chi connectivity index (χ4n) is 1.57. The molecule has 0 aliphatic rings. The van der Waals surface area contributed by atoms with Crippen LogP contribution in [0, 0.1) is 0 Å². The molecule has 0 bridgehead atoms. The largest absolute Gasteiger partial charge is 0.389 e. The summed E-state index contributed by atoms with van der Waals surface area (Å²) < 4.78 is 5.76. The minimum Gasteiger partial charge on any atom is -0.389 e. The highest BCUT2D eigenvalue weighted by Gasteiger charge is 2.06. The first-order valence-corrected chi connectivity index (χ1v) is 7.33. The van der Waals surface area contributed by atoms with Crippen LogP contribution < -0.4 is 16.4 Å². The SMILES string of the molecule is COCCNC(=O)CCNc1ccc(Br)cc1C(N)=S. The molecule has 0 aliphatic heterocycles. The molecule has 1 aromatic carbocycles. The van der Waals surface area contributed by atoms with Gasteiger partial charge in [-0.1, -0.05) is 28.1 Å². The number of thiocarbonyl (C=S) groups is 1. The van der Waals surface area contributed by atoms with E-state index < -0.39 is 0 Å². The van der Waals surface area contributed by atoms with Crippen molar-refractivity contribution in [2.24, 2.45) is 5.73 Å². The van der Waals surface area contributed by atoms with E-state index in [1.807, 2.05) is 18.2 Å². The van der Waals surface area contributed by atoms with E-state index >= 15 is 0 Å². The van der Waals surface area contributed by atoms with Crippen LogP contribution in [0.1, 0.15) is 12.0 Å². The molecule has 20 heavy (non-hydrogen) atoms. The Balaban J connectivity index is 2.46. The smallest absolute Gasteiger partial charge is 0.221 e. The number of carbonyl (C=O) groups excluding carboxylic acids is 1. The van der Waals surface area contributed by atoms with Crippen LogP contribution >= 0.6 is 28.1 Å². The number of nitrogens with two attached hydrogens (primary N) is 1. The second-order valence-corrected chi connectivity index (χ2v) is 5.43. The number of nitrogens with one attached hydrogen (secondary N) is 2. The van der Waals surface area contributed by atoms with Gasteiger partial charge in [-0.15, -0.1) is 0 Å². The molecule has 1 amide bonds. The van der Waals surface area contributed by atoms with Gasteiger partial charge in [0.1, 0.15) is 4.99 Å². The first kappa shape index (κ1) is 16.9. The zero-order valence-corrected chi connectivity index (χ0v) is 13.6. The van der Waals surface area contributed by atoms with E-state index in [0.717, 1.165) is 15.7 Å². The summed E-state index contributed by atoms with van der Waals surface area (Å²) in [5.41, 5.74) is 7.26. The Bertz CT molecular complexity index is 483. The van der Waals surface area contributed by atoms with E-state index in [9.17, 15) is 4.79 Å². The minimum atomic E-state index is -0.0245. The van der Waals surface area contributed by atoms with E-state index in [1.54, 1.807) is 7.11 Å². The van der Waals surface area contributed by atoms with Crippen molar-refractivity contribution in [2.45, 2.75) is 6.42 Å². The third-order valence-corrected chi connectivity index (χ3v) is 3.26. The van der Waals surface area contributed by atoms with Crippen LogP contribution in [0.15, 0.2) is 22.7 Å². The van der Waals surface area contributed by atoms with Gasteiger partial charge in [-0.2, -0.15) is 0 Å². The Kier molecular flexibility index (Phi) is 7.50. The van der Waals surface area contributed by atoms with Crippen molar-refractivity contribution in [3.63, 3.8) is 0 Å². The van der Waals surface area contributed by atoms with Crippen molar-refractivity contribution >= 4 is 44.7 Å². The highest BCUT2D eigenvalue weighted by Crippen LogP contribution is 2.21. The Morgan fingerprint density at radius 3 is 2.85 bits per heavy atom. The fourth-order valence-corrected chi connectivity index (χ4v) is 2.10. The van der Waals surface area contributed by atoms with Crippen LogP contribution in [-0.2, 0) is 9.53 Å². The van der Waals surface area contributed by atoms with Crippen LogP contribution in [0.4, 0.5) is 5.69 Å². The van der Waals surface area contributed by atoms with Gasteiger partial charge in [-0.3, -0.25) is 4.79 Å². The lowest BCUT2D eigenvalue weighted by molar-refractivity contribution is -0.121. The van der Waals surface area contributed by atoms with Gasteiger partial charge in [-0.25, -0.2) is 0 Å². The lowest BCUT2D eigenvalue weighted by atomic mass is 10.1. The average Bonchev–Trinajstić information content (AvgIpc) is 2.40. The number of halogens is 1. The number of carbonyl (C=O) groups is 1. The number of amides is 1. The third-order valence-electron chi connectivity index (χ3n) is 2.54. The third kappa shape index (κ3) is 5.85. The molecule has 4 N–H and O–H groups in total. The molecule has 0 spiro atoms. The van der Waals surface area contributed by atoms with Gasteiger partial charge in [-0.05, 0) is 18.2 Å². The van der Waals surface area contributed by atoms with E-state index in [1.165, 1.54) is 0 Å². The van der Waals surface area contributed by atoms with Crippen molar-refractivity contribution in [1.29, 1.82) is 0 Å². The Morgan fingerprint density at radius 1 is 1.45 bits per heavy atom. The first-order valence-electron chi connectivity index (χ1n) is 6.13. The number of hydrogen-bond donors (Lipinski definition) is 3. The van der Waals surface area contributed by atoms with Crippen molar-refractivity contribution in [1.82, 2.24) is 5.32 Å². The maximum absolute atomic E-state index is 11.5. The summed E-state index contributed by atoms with van der Waals surface area (Å²) in [4.78, 5) is 11.8. The van der Waals surface area contributed by atoms with Gasteiger partial charge in [0.2, 0.25) is 5.91 Å². The second kappa shape index (κ2) is 8.89. The monoisotopic (exact) mass is 359 g/mol. The molecule has 0 fully saturated rings. The maximum Gasteiger partial charge on any atom is 0.221 e. The molecular weight excluding hydrogens is 342 g/mol. The van der Waals surface area contributed by atoms with Crippen LogP contribution in [-0.4, -0.2) is 37.7 Å². The quantitative estimate of drug-likeness (QED) is 0.486. The van der Waals surface area contributed by atoms with Crippen molar-refractivity contribution in [3.05, 3.63) is 28.2 Å². The van der Waals surface area contributed by atoms with Gasteiger partial charge in [0.15, 0.2) is 0 Å². The highest BCUT2D eigenvalue weighted by atomic mass is 79.9. The highest BCUT2D eigenvalue weighted by molar-refractivity contribution is 9.10. The molecule has 0 aromatic heterocycles. The predicted molar refractivity (Wildman–Crippen MR) is 88.0 cm³/mol. The van der Waals surface area contributed by atoms with E-state index in [-0.39, 0.29) is 5.91 Å². The molecule has 0 heterocycles. The molecule has 1 rings (SSSR count). The molecule has 0 radical (unpaired) electrons. The first-order chi connectivity index (χ1) is 9.54. The second-order valence-electron chi connectivity index (χ2n) is 4.07. The molecule has 0 atom stereocenters. The van der Waals surface area contributed by atoms with Crippen molar-refractivity contribution in [3.8, 4) is 0 Å². The van der Waals surface area contributed by atoms with Crippen LogP contribution in [0.2, 0.25) is 0 Å². The lowest BCUT2D eigenvalue weighted by Crippen LogP contribution is -2.28. The fraction of sp³-hybridized carbons (Fsp3) is 0.385. The van der Waals surface area contributed by atoms with Crippen LogP contribution in [0.5, 0.6) is 0 Å². The molecule has 0 saturated heterocycles. The number of benzene rings is 1. The Hall–Kier alpha value is -1.18. The Labute approximate surface area is 132 Å². The summed E-state index contributed by atoms with van der Waals surface area (Å²) in [6.07, 6.45) is 0.372. The molecule has 7 heteroatoms. The maximum atomic E-state index is 11.5. The summed E-state index contributed by atoms with van der Waals surface area (Å²) >= 11 is 8.38. The van der Waals surface area contributed by atoms with Crippen LogP contribution in [0.25, 0.3) is 0 Å². The van der Waals surface area contributed by atoms with Crippen LogP contribution in [0.3, 0.4) is 0 Å². The van der Waals surface area contributed by atoms with Crippen molar-refractivity contribution in [2.75, 3.05) is 32.1 Å². The zero-order valence-electron chi connectivity index (χ0n) is 11.2. The molecule has 1 aromatic rings.